The zero-order valence-electron chi connectivity index (χ0n) is 7.03. The lowest BCUT2D eigenvalue weighted by molar-refractivity contribution is -0.147. The summed E-state index contributed by atoms with van der Waals surface area (Å²) in [7, 11) is 1.29. The monoisotopic (exact) mass is 169 g/mol. The van der Waals surface area contributed by atoms with Gasteiger partial charge in [0.1, 0.15) is 5.76 Å². The minimum absolute atomic E-state index is 0.398. The van der Waals surface area contributed by atoms with E-state index in [1.165, 1.54) is 20.3 Å². The first-order valence-electron chi connectivity index (χ1n) is 3.50. The Bertz CT molecular complexity index is 264. The summed E-state index contributed by atoms with van der Waals surface area (Å²) in [5.74, 6) is -0.119. The molecule has 2 N–H and O–H groups in total. The Balaban J connectivity index is 2.93. The van der Waals surface area contributed by atoms with E-state index in [4.69, 9.17) is 10.2 Å². The molecule has 1 aromatic rings. The van der Waals surface area contributed by atoms with Crippen LogP contribution in [0.15, 0.2) is 22.8 Å². The highest BCUT2D eigenvalue weighted by Crippen LogP contribution is 2.18. The number of ether oxygens (including phenoxy) is 1. The number of hydrogen-bond donors (Lipinski definition) is 1. The first-order chi connectivity index (χ1) is 5.59. The van der Waals surface area contributed by atoms with Crippen molar-refractivity contribution in [1.82, 2.24) is 0 Å². The molecule has 0 radical (unpaired) electrons. The molecular formula is C8H11NO3. The molecule has 0 fully saturated rings. The molecule has 1 rings (SSSR count). The zero-order chi connectivity index (χ0) is 9.19. The molecule has 0 aliphatic rings. The Morgan fingerprint density at radius 2 is 2.42 bits per heavy atom. The minimum atomic E-state index is -1.20. The van der Waals surface area contributed by atoms with Crippen LogP contribution < -0.4 is 5.73 Å². The number of esters is 1. The number of carbonyl (C=O) groups is 1. The first kappa shape index (κ1) is 8.80. The van der Waals surface area contributed by atoms with E-state index in [1.807, 2.05) is 0 Å². The van der Waals surface area contributed by atoms with Gasteiger partial charge < -0.3 is 14.9 Å². The van der Waals surface area contributed by atoms with Crippen LogP contribution in [0, 0.1) is 0 Å². The van der Waals surface area contributed by atoms with Gasteiger partial charge in [-0.15, -0.1) is 0 Å². The van der Waals surface area contributed by atoms with Gasteiger partial charge >= 0.3 is 5.97 Å². The predicted molar refractivity (Wildman–Crippen MR) is 42.3 cm³/mol. The van der Waals surface area contributed by atoms with Gasteiger partial charge in [-0.2, -0.15) is 0 Å². The molecule has 0 spiro atoms. The molecule has 0 aliphatic carbocycles. The minimum Gasteiger partial charge on any atom is -0.467 e. The van der Waals surface area contributed by atoms with E-state index in [1.54, 1.807) is 12.1 Å². The number of carbonyl (C=O) groups excluding carboxylic acids is 1. The van der Waals surface area contributed by atoms with Gasteiger partial charge in [0.2, 0.25) is 0 Å². The highest BCUT2D eigenvalue weighted by Gasteiger charge is 2.34. The summed E-state index contributed by atoms with van der Waals surface area (Å²) in [4.78, 5) is 11.1. The molecule has 0 aromatic carbocycles. The van der Waals surface area contributed by atoms with Gasteiger partial charge in [0.25, 0.3) is 0 Å². The van der Waals surface area contributed by atoms with Crippen molar-refractivity contribution in [3.05, 3.63) is 24.2 Å². The summed E-state index contributed by atoms with van der Waals surface area (Å²) >= 11 is 0. The standard InChI is InChI=1S/C8H11NO3/c1-8(9,7(10)11-2)6-4-3-5-12-6/h3-5H,9H2,1-2H3/t8-/m1/s1. The number of nitrogens with two attached hydrogens (primary N) is 1. The van der Waals surface area contributed by atoms with Crippen molar-refractivity contribution in [2.45, 2.75) is 12.5 Å². The third-order valence-corrected chi connectivity index (χ3v) is 1.64. The topological polar surface area (TPSA) is 65.5 Å². The van der Waals surface area contributed by atoms with Gasteiger partial charge in [-0.3, -0.25) is 0 Å². The lowest BCUT2D eigenvalue weighted by atomic mass is 10.0. The van der Waals surface area contributed by atoms with E-state index < -0.39 is 11.5 Å². The maximum absolute atomic E-state index is 11.1. The van der Waals surface area contributed by atoms with E-state index in [2.05, 4.69) is 4.74 Å². The Morgan fingerprint density at radius 1 is 1.75 bits per heavy atom. The molecule has 0 aliphatic heterocycles. The summed E-state index contributed by atoms with van der Waals surface area (Å²) in [5, 5.41) is 0. The van der Waals surface area contributed by atoms with E-state index >= 15 is 0 Å². The van der Waals surface area contributed by atoms with Gasteiger partial charge in [-0.1, -0.05) is 0 Å². The van der Waals surface area contributed by atoms with Crippen LogP contribution in [0.2, 0.25) is 0 Å². The van der Waals surface area contributed by atoms with E-state index in [0.29, 0.717) is 5.76 Å². The quantitative estimate of drug-likeness (QED) is 0.659. The lowest BCUT2D eigenvalue weighted by Crippen LogP contribution is -2.42. The first-order valence-corrected chi connectivity index (χ1v) is 3.50. The summed E-state index contributed by atoms with van der Waals surface area (Å²) in [5.41, 5.74) is 4.47. The summed E-state index contributed by atoms with van der Waals surface area (Å²) in [6.45, 7) is 1.54. The molecule has 4 heteroatoms. The van der Waals surface area contributed by atoms with Crippen molar-refractivity contribution in [3.63, 3.8) is 0 Å². The maximum atomic E-state index is 11.1. The van der Waals surface area contributed by atoms with Gasteiger partial charge in [-0.05, 0) is 19.1 Å². The van der Waals surface area contributed by atoms with Crippen LogP contribution >= 0.6 is 0 Å². The third-order valence-electron chi connectivity index (χ3n) is 1.64. The predicted octanol–water partition coefficient (Wildman–Crippen LogP) is 0.626. The average molecular weight is 169 g/mol. The zero-order valence-corrected chi connectivity index (χ0v) is 7.03. The van der Waals surface area contributed by atoms with Crippen LogP contribution in [0.3, 0.4) is 0 Å². The second-order valence-electron chi connectivity index (χ2n) is 2.67. The Morgan fingerprint density at radius 3 is 2.83 bits per heavy atom. The molecule has 12 heavy (non-hydrogen) atoms. The van der Waals surface area contributed by atoms with Crippen LogP contribution in [0.5, 0.6) is 0 Å². The fourth-order valence-electron chi connectivity index (χ4n) is 0.887. The van der Waals surface area contributed by atoms with E-state index in [-0.39, 0.29) is 0 Å². The van der Waals surface area contributed by atoms with Crippen molar-refractivity contribution in [3.8, 4) is 0 Å². The normalized spacial score (nSPS) is 15.2. The largest absolute Gasteiger partial charge is 0.467 e. The molecule has 1 heterocycles. The third kappa shape index (κ3) is 1.33. The van der Waals surface area contributed by atoms with E-state index in [9.17, 15) is 4.79 Å². The van der Waals surface area contributed by atoms with Crippen molar-refractivity contribution >= 4 is 5.97 Å². The molecule has 4 nitrogen and oxygen atoms in total. The second kappa shape index (κ2) is 2.98. The van der Waals surface area contributed by atoms with Crippen molar-refractivity contribution < 1.29 is 13.9 Å². The van der Waals surface area contributed by atoms with Gasteiger partial charge in [-0.25, -0.2) is 4.79 Å². The van der Waals surface area contributed by atoms with Crippen LogP contribution in [0.4, 0.5) is 0 Å². The summed E-state index contributed by atoms with van der Waals surface area (Å²) in [6, 6.07) is 3.31. The fourth-order valence-corrected chi connectivity index (χ4v) is 0.887. The number of methoxy groups -OCH3 is 1. The molecule has 0 unspecified atom stereocenters. The molecule has 1 atom stereocenters. The SMILES string of the molecule is COC(=O)[C@](C)(N)c1ccco1. The van der Waals surface area contributed by atoms with E-state index in [0.717, 1.165) is 0 Å². The molecule has 0 saturated heterocycles. The molecule has 66 valence electrons. The fraction of sp³-hybridized carbons (Fsp3) is 0.375. The van der Waals surface area contributed by atoms with Crippen LogP contribution in [0.25, 0.3) is 0 Å². The van der Waals surface area contributed by atoms with Crippen molar-refractivity contribution in [2.24, 2.45) is 5.73 Å². The van der Waals surface area contributed by atoms with Crippen molar-refractivity contribution in [2.75, 3.05) is 7.11 Å². The van der Waals surface area contributed by atoms with Crippen molar-refractivity contribution in [1.29, 1.82) is 0 Å². The summed E-state index contributed by atoms with van der Waals surface area (Å²) in [6.07, 6.45) is 1.46. The molecule has 1 aromatic heterocycles. The number of furan rings is 1. The van der Waals surface area contributed by atoms with Gasteiger partial charge in [0, 0.05) is 0 Å². The number of hydrogen-bond acceptors (Lipinski definition) is 4. The Kier molecular flexibility index (Phi) is 2.19. The molecule has 0 amide bonds. The molecular weight excluding hydrogens is 158 g/mol. The smallest absolute Gasteiger partial charge is 0.333 e. The van der Waals surface area contributed by atoms with Crippen LogP contribution in [0.1, 0.15) is 12.7 Å². The van der Waals surface area contributed by atoms with Gasteiger partial charge in [0.15, 0.2) is 5.54 Å². The highest BCUT2D eigenvalue weighted by molar-refractivity contribution is 5.80. The van der Waals surface area contributed by atoms with Crippen LogP contribution in [-0.4, -0.2) is 13.1 Å². The molecule has 0 bridgehead atoms. The molecule has 0 saturated carbocycles. The van der Waals surface area contributed by atoms with Gasteiger partial charge in [0.05, 0.1) is 13.4 Å². The average Bonchev–Trinajstić information content (AvgIpc) is 2.55. The Labute approximate surface area is 70.3 Å². The second-order valence-corrected chi connectivity index (χ2v) is 2.67. The maximum Gasteiger partial charge on any atom is 0.333 e. The van der Waals surface area contributed by atoms with Crippen LogP contribution in [-0.2, 0) is 15.1 Å². The number of rotatable bonds is 2. The summed E-state index contributed by atoms with van der Waals surface area (Å²) < 4.78 is 9.51. The highest BCUT2D eigenvalue weighted by atomic mass is 16.5. The Hall–Kier alpha value is -1.29. The lowest BCUT2D eigenvalue weighted by Gasteiger charge is -2.17.